The highest BCUT2D eigenvalue weighted by Crippen LogP contribution is 2.15. The van der Waals surface area contributed by atoms with E-state index >= 15 is 0 Å². The van der Waals surface area contributed by atoms with Crippen molar-refractivity contribution in [2.24, 2.45) is 0 Å². The predicted molar refractivity (Wildman–Crippen MR) is 56.0 cm³/mol. The number of nitrogens with one attached hydrogen (secondary N) is 1. The Morgan fingerprint density at radius 2 is 2.31 bits per heavy atom. The van der Waals surface area contributed by atoms with E-state index in [1.54, 1.807) is 18.2 Å². The number of hydrogen-bond acceptors (Lipinski definition) is 1. The van der Waals surface area contributed by atoms with Crippen LogP contribution in [0.3, 0.4) is 0 Å². The Kier molecular flexibility index (Phi) is 4.12. The van der Waals surface area contributed by atoms with Crippen LogP contribution in [0.2, 0.25) is 0 Å². The zero-order chi connectivity index (χ0) is 9.68. The van der Waals surface area contributed by atoms with Crippen LogP contribution in [0.1, 0.15) is 5.56 Å². The molecule has 13 heavy (non-hydrogen) atoms. The molecule has 1 aromatic carbocycles. The Balaban J connectivity index is 2.64. The molecule has 0 saturated heterocycles. The summed E-state index contributed by atoms with van der Waals surface area (Å²) in [7, 11) is 0. The van der Waals surface area contributed by atoms with Gasteiger partial charge < -0.3 is 5.32 Å². The Morgan fingerprint density at radius 1 is 1.54 bits per heavy atom. The van der Waals surface area contributed by atoms with Crippen molar-refractivity contribution in [3.05, 3.63) is 46.7 Å². The van der Waals surface area contributed by atoms with E-state index in [0.29, 0.717) is 18.7 Å². The number of hydrogen-bond donors (Lipinski definition) is 1. The second kappa shape index (κ2) is 5.14. The molecule has 0 aliphatic rings. The molecule has 0 heterocycles. The molecular formula is C10H11BrFN. The van der Waals surface area contributed by atoms with Crippen molar-refractivity contribution in [3.8, 4) is 0 Å². The summed E-state index contributed by atoms with van der Waals surface area (Å²) < 4.78 is 14.0. The van der Waals surface area contributed by atoms with Gasteiger partial charge in [-0.2, -0.15) is 0 Å². The minimum absolute atomic E-state index is 0.181. The first-order chi connectivity index (χ1) is 6.24. The molecule has 0 spiro atoms. The highest BCUT2D eigenvalue weighted by atomic mass is 79.9. The predicted octanol–water partition coefficient (Wildman–Crippen LogP) is 2.86. The SMILES string of the molecule is C=CCNCc1cc(Br)ccc1F. The van der Waals surface area contributed by atoms with Crippen molar-refractivity contribution in [2.45, 2.75) is 6.54 Å². The minimum Gasteiger partial charge on any atom is -0.309 e. The third-order valence-corrected chi connectivity index (χ3v) is 2.11. The van der Waals surface area contributed by atoms with Gasteiger partial charge in [-0.05, 0) is 18.2 Å². The molecule has 1 nitrogen and oxygen atoms in total. The van der Waals surface area contributed by atoms with E-state index in [1.165, 1.54) is 6.07 Å². The number of halogens is 2. The monoisotopic (exact) mass is 243 g/mol. The topological polar surface area (TPSA) is 12.0 Å². The maximum Gasteiger partial charge on any atom is 0.127 e. The van der Waals surface area contributed by atoms with E-state index in [1.807, 2.05) is 0 Å². The molecule has 0 atom stereocenters. The summed E-state index contributed by atoms with van der Waals surface area (Å²) in [5, 5.41) is 3.04. The summed E-state index contributed by atoms with van der Waals surface area (Å²) in [6.45, 7) is 4.78. The van der Waals surface area contributed by atoms with Gasteiger partial charge in [0.1, 0.15) is 5.82 Å². The van der Waals surface area contributed by atoms with Crippen LogP contribution in [0.5, 0.6) is 0 Å². The van der Waals surface area contributed by atoms with Crippen molar-refractivity contribution in [3.63, 3.8) is 0 Å². The first-order valence-electron chi connectivity index (χ1n) is 3.99. The molecule has 0 radical (unpaired) electrons. The Bertz CT molecular complexity index is 299. The summed E-state index contributed by atoms with van der Waals surface area (Å²) in [6, 6.07) is 4.91. The van der Waals surface area contributed by atoms with Crippen molar-refractivity contribution in [1.29, 1.82) is 0 Å². The quantitative estimate of drug-likeness (QED) is 0.634. The molecular weight excluding hydrogens is 233 g/mol. The van der Waals surface area contributed by atoms with Crippen LogP contribution in [-0.2, 0) is 6.54 Å². The van der Waals surface area contributed by atoms with Gasteiger partial charge in [-0.3, -0.25) is 0 Å². The molecule has 0 amide bonds. The van der Waals surface area contributed by atoms with Gasteiger partial charge in [-0.15, -0.1) is 6.58 Å². The van der Waals surface area contributed by atoms with Gasteiger partial charge in [-0.1, -0.05) is 22.0 Å². The summed E-state index contributed by atoms with van der Waals surface area (Å²) in [6.07, 6.45) is 1.75. The van der Waals surface area contributed by atoms with Crippen molar-refractivity contribution >= 4 is 15.9 Å². The van der Waals surface area contributed by atoms with Crippen molar-refractivity contribution in [1.82, 2.24) is 5.32 Å². The van der Waals surface area contributed by atoms with Crippen LogP contribution in [0.15, 0.2) is 35.3 Å². The highest BCUT2D eigenvalue weighted by molar-refractivity contribution is 9.10. The van der Waals surface area contributed by atoms with E-state index in [4.69, 9.17) is 0 Å². The van der Waals surface area contributed by atoms with Gasteiger partial charge in [-0.25, -0.2) is 4.39 Å². The van der Waals surface area contributed by atoms with Crippen LogP contribution in [-0.4, -0.2) is 6.54 Å². The summed E-state index contributed by atoms with van der Waals surface area (Å²) in [5.74, 6) is -0.181. The van der Waals surface area contributed by atoms with E-state index in [0.717, 1.165) is 4.47 Å². The first-order valence-corrected chi connectivity index (χ1v) is 4.79. The lowest BCUT2D eigenvalue weighted by molar-refractivity contribution is 0.596. The van der Waals surface area contributed by atoms with E-state index in [-0.39, 0.29) is 5.82 Å². The molecule has 1 aromatic rings. The van der Waals surface area contributed by atoms with Gasteiger partial charge >= 0.3 is 0 Å². The van der Waals surface area contributed by atoms with Gasteiger partial charge in [0.15, 0.2) is 0 Å². The number of rotatable bonds is 4. The third-order valence-electron chi connectivity index (χ3n) is 1.61. The molecule has 0 saturated carbocycles. The van der Waals surface area contributed by atoms with Gasteiger partial charge in [0, 0.05) is 23.1 Å². The zero-order valence-electron chi connectivity index (χ0n) is 7.19. The summed E-state index contributed by atoms with van der Waals surface area (Å²) in [4.78, 5) is 0. The molecule has 0 aliphatic carbocycles. The zero-order valence-corrected chi connectivity index (χ0v) is 8.77. The molecule has 0 aliphatic heterocycles. The normalized spacial score (nSPS) is 10.0. The van der Waals surface area contributed by atoms with Crippen LogP contribution in [0.25, 0.3) is 0 Å². The summed E-state index contributed by atoms with van der Waals surface area (Å²) in [5.41, 5.74) is 0.663. The van der Waals surface area contributed by atoms with Gasteiger partial charge in [0.25, 0.3) is 0 Å². The fraction of sp³-hybridized carbons (Fsp3) is 0.200. The maximum atomic E-state index is 13.1. The lowest BCUT2D eigenvalue weighted by atomic mass is 10.2. The molecule has 0 bridgehead atoms. The average molecular weight is 244 g/mol. The Labute approximate surface area is 85.8 Å². The van der Waals surface area contributed by atoms with Crippen LogP contribution >= 0.6 is 15.9 Å². The molecule has 1 N–H and O–H groups in total. The van der Waals surface area contributed by atoms with Crippen molar-refractivity contribution in [2.75, 3.05) is 6.54 Å². The smallest absolute Gasteiger partial charge is 0.127 e. The lowest BCUT2D eigenvalue weighted by Crippen LogP contribution is -2.13. The third kappa shape index (κ3) is 3.28. The first kappa shape index (κ1) is 10.4. The standard InChI is InChI=1S/C10H11BrFN/c1-2-5-13-7-8-6-9(11)3-4-10(8)12/h2-4,6,13H,1,5,7H2. The lowest BCUT2D eigenvalue weighted by Gasteiger charge is -2.03. The van der Waals surface area contributed by atoms with Crippen LogP contribution < -0.4 is 5.32 Å². The van der Waals surface area contributed by atoms with Gasteiger partial charge in [0.05, 0.1) is 0 Å². The highest BCUT2D eigenvalue weighted by Gasteiger charge is 2.00. The molecule has 0 aromatic heterocycles. The fourth-order valence-corrected chi connectivity index (χ4v) is 1.40. The van der Waals surface area contributed by atoms with E-state index < -0.39 is 0 Å². The number of benzene rings is 1. The Morgan fingerprint density at radius 3 is 3.00 bits per heavy atom. The molecule has 0 unspecified atom stereocenters. The molecule has 3 heteroatoms. The second-order valence-electron chi connectivity index (χ2n) is 2.66. The van der Waals surface area contributed by atoms with E-state index in [2.05, 4.69) is 27.8 Å². The largest absolute Gasteiger partial charge is 0.309 e. The maximum absolute atomic E-state index is 13.1. The van der Waals surface area contributed by atoms with Gasteiger partial charge in [0.2, 0.25) is 0 Å². The Hall–Kier alpha value is -0.670. The molecule has 0 fully saturated rings. The summed E-state index contributed by atoms with van der Waals surface area (Å²) >= 11 is 3.29. The second-order valence-corrected chi connectivity index (χ2v) is 3.57. The fourth-order valence-electron chi connectivity index (χ4n) is 0.988. The average Bonchev–Trinajstić information content (AvgIpc) is 2.11. The molecule has 70 valence electrons. The van der Waals surface area contributed by atoms with E-state index in [9.17, 15) is 4.39 Å². The van der Waals surface area contributed by atoms with Crippen LogP contribution in [0.4, 0.5) is 4.39 Å². The van der Waals surface area contributed by atoms with Crippen molar-refractivity contribution < 1.29 is 4.39 Å². The van der Waals surface area contributed by atoms with Crippen LogP contribution in [0, 0.1) is 5.82 Å². The molecule has 1 rings (SSSR count). The minimum atomic E-state index is -0.181.